The van der Waals surface area contributed by atoms with E-state index >= 15 is 0 Å². The molecule has 0 saturated heterocycles. The Hall–Kier alpha value is -1.62. The zero-order chi connectivity index (χ0) is 13.4. The van der Waals surface area contributed by atoms with Gasteiger partial charge in [0.2, 0.25) is 0 Å². The molecule has 0 saturated carbocycles. The molecule has 0 fully saturated rings. The predicted molar refractivity (Wildman–Crippen MR) is 66.2 cm³/mol. The highest BCUT2D eigenvalue weighted by Gasteiger charge is 2.09. The Labute approximate surface area is 106 Å². The van der Waals surface area contributed by atoms with Crippen LogP contribution in [0.2, 0.25) is 0 Å². The van der Waals surface area contributed by atoms with Gasteiger partial charge in [-0.3, -0.25) is 4.79 Å². The molecule has 2 N–H and O–H groups in total. The van der Waals surface area contributed by atoms with Crippen LogP contribution >= 0.6 is 0 Å². The highest BCUT2D eigenvalue weighted by molar-refractivity contribution is 5.94. The van der Waals surface area contributed by atoms with Crippen molar-refractivity contribution in [3.05, 3.63) is 29.6 Å². The molecular weight excluding hydrogens is 237 g/mol. The minimum Gasteiger partial charge on any atom is -0.494 e. The standard InChI is InChI=1S/C13H18FNO3/c1-18-12-6-5-10(9-11(12)14)13(17)15-7-3-2-4-8-16/h5-6,9,16H,2-4,7-8H2,1H3,(H,15,17). The molecule has 0 aliphatic rings. The summed E-state index contributed by atoms with van der Waals surface area (Å²) in [6, 6.07) is 4.10. The molecule has 18 heavy (non-hydrogen) atoms. The van der Waals surface area contributed by atoms with Gasteiger partial charge in [0.05, 0.1) is 7.11 Å². The topological polar surface area (TPSA) is 58.6 Å². The van der Waals surface area contributed by atoms with Gasteiger partial charge >= 0.3 is 0 Å². The summed E-state index contributed by atoms with van der Waals surface area (Å²) in [5.74, 6) is -0.736. The Morgan fingerprint density at radius 3 is 2.78 bits per heavy atom. The van der Waals surface area contributed by atoms with E-state index in [0.717, 1.165) is 25.3 Å². The van der Waals surface area contributed by atoms with Gasteiger partial charge in [-0.25, -0.2) is 4.39 Å². The first-order chi connectivity index (χ1) is 8.69. The van der Waals surface area contributed by atoms with Crippen molar-refractivity contribution in [1.29, 1.82) is 0 Å². The highest BCUT2D eigenvalue weighted by Crippen LogP contribution is 2.17. The maximum atomic E-state index is 13.4. The number of benzene rings is 1. The van der Waals surface area contributed by atoms with Crippen molar-refractivity contribution in [2.75, 3.05) is 20.3 Å². The molecule has 100 valence electrons. The molecule has 1 amide bonds. The quantitative estimate of drug-likeness (QED) is 0.729. The van der Waals surface area contributed by atoms with Crippen LogP contribution in [0.4, 0.5) is 4.39 Å². The lowest BCUT2D eigenvalue weighted by atomic mass is 10.2. The van der Waals surface area contributed by atoms with Gasteiger partial charge in [-0.1, -0.05) is 0 Å². The molecule has 0 aromatic heterocycles. The Bertz CT molecular complexity index is 396. The number of hydrogen-bond donors (Lipinski definition) is 2. The summed E-state index contributed by atoms with van der Waals surface area (Å²) < 4.78 is 18.1. The maximum Gasteiger partial charge on any atom is 0.251 e. The third-order valence-electron chi connectivity index (χ3n) is 2.53. The molecule has 0 radical (unpaired) electrons. The maximum absolute atomic E-state index is 13.4. The molecule has 0 heterocycles. The summed E-state index contributed by atoms with van der Waals surface area (Å²) in [5.41, 5.74) is 0.274. The van der Waals surface area contributed by atoms with Crippen LogP contribution in [-0.4, -0.2) is 31.3 Å². The van der Waals surface area contributed by atoms with Crippen LogP contribution in [0.3, 0.4) is 0 Å². The van der Waals surface area contributed by atoms with Crippen LogP contribution in [0, 0.1) is 5.82 Å². The molecule has 0 aliphatic heterocycles. The summed E-state index contributed by atoms with van der Waals surface area (Å²) >= 11 is 0. The van der Waals surface area contributed by atoms with E-state index in [-0.39, 0.29) is 23.8 Å². The molecule has 0 atom stereocenters. The lowest BCUT2D eigenvalue weighted by molar-refractivity contribution is 0.0952. The van der Waals surface area contributed by atoms with Crippen LogP contribution in [0.15, 0.2) is 18.2 Å². The third-order valence-corrected chi connectivity index (χ3v) is 2.53. The minimum atomic E-state index is -0.551. The SMILES string of the molecule is COc1ccc(C(=O)NCCCCCO)cc1F. The number of aliphatic hydroxyl groups is 1. The fraction of sp³-hybridized carbons (Fsp3) is 0.462. The summed E-state index contributed by atoms with van der Waals surface area (Å²) in [6.45, 7) is 0.685. The van der Waals surface area contributed by atoms with Crippen molar-refractivity contribution >= 4 is 5.91 Å². The van der Waals surface area contributed by atoms with E-state index in [9.17, 15) is 9.18 Å². The van der Waals surface area contributed by atoms with Gasteiger partial charge in [0.1, 0.15) is 0 Å². The zero-order valence-corrected chi connectivity index (χ0v) is 10.4. The number of nitrogens with one attached hydrogen (secondary N) is 1. The normalized spacial score (nSPS) is 10.2. The average molecular weight is 255 g/mol. The van der Waals surface area contributed by atoms with Gasteiger partial charge < -0.3 is 15.2 Å². The van der Waals surface area contributed by atoms with Gasteiger partial charge in [0.25, 0.3) is 5.91 Å². The van der Waals surface area contributed by atoms with E-state index in [0.29, 0.717) is 6.54 Å². The first-order valence-electron chi connectivity index (χ1n) is 5.91. The number of rotatable bonds is 7. The number of ether oxygens (including phenoxy) is 1. The van der Waals surface area contributed by atoms with Crippen molar-refractivity contribution in [2.45, 2.75) is 19.3 Å². The number of carbonyl (C=O) groups excluding carboxylic acids is 1. The summed E-state index contributed by atoms with van der Waals surface area (Å²) in [5, 5.41) is 11.3. The summed E-state index contributed by atoms with van der Waals surface area (Å²) in [7, 11) is 1.37. The smallest absolute Gasteiger partial charge is 0.251 e. The average Bonchev–Trinajstić information content (AvgIpc) is 2.38. The third kappa shape index (κ3) is 4.33. The van der Waals surface area contributed by atoms with Crippen molar-refractivity contribution in [3.63, 3.8) is 0 Å². The number of unbranched alkanes of at least 4 members (excludes halogenated alkanes) is 2. The molecule has 1 aromatic carbocycles. The summed E-state index contributed by atoms with van der Waals surface area (Å²) in [6.07, 6.45) is 2.38. The van der Waals surface area contributed by atoms with Gasteiger partial charge in [-0.2, -0.15) is 0 Å². The Morgan fingerprint density at radius 1 is 1.39 bits per heavy atom. The monoisotopic (exact) mass is 255 g/mol. The van der Waals surface area contributed by atoms with E-state index in [4.69, 9.17) is 9.84 Å². The zero-order valence-electron chi connectivity index (χ0n) is 10.4. The van der Waals surface area contributed by atoms with Gasteiger partial charge in [-0.15, -0.1) is 0 Å². The minimum absolute atomic E-state index is 0.120. The van der Waals surface area contributed by atoms with E-state index in [2.05, 4.69) is 5.32 Å². The second-order valence-electron chi connectivity index (χ2n) is 3.89. The second-order valence-corrected chi connectivity index (χ2v) is 3.89. The molecule has 4 nitrogen and oxygen atoms in total. The van der Waals surface area contributed by atoms with Gasteiger partial charge in [0, 0.05) is 18.7 Å². The van der Waals surface area contributed by atoms with Crippen LogP contribution in [-0.2, 0) is 0 Å². The molecule has 0 spiro atoms. The molecule has 1 rings (SSSR count). The Balaban J connectivity index is 2.44. The van der Waals surface area contributed by atoms with E-state index < -0.39 is 5.82 Å². The number of hydrogen-bond acceptors (Lipinski definition) is 3. The number of aliphatic hydroxyl groups excluding tert-OH is 1. The fourth-order valence-corrected chi connectivity index (χ4v) is 1.53. The highest BCUT2D eigenvalue weighted by atomic mass is 19.1. The lowest BCUT2D eigenvalue weighted by Crippen LogP contribution is -2.24. The van der Waals surface area contributed by atoms with Crippen molar-refractivity contribution in [3.8, 4) is 5.75 Å². The van der Waals surface area contributed by atoms with Crippen molar-refractivity contribution < 1.29 is 19.0 Å². The van der Waals surface area contributed by atoms with Crippen LogP contribution in [0.25, 0.3) is 0 Å². The second kappa shape index (κ2) is 7.66. The first kappa shape index (κ1) is 14.4. The number of halogens is 1. The Kier molecular flexibility index (Phi) is 6.14. The molecule has 0 aliphatic carbocycles. The van der Waals surface area contributed by atoms with E-state index in [1.165, 1.54) is 19.2 Å². The molecule has 0 unspecified atom stereocenters. The van der Waals surface area contributed by atoms with Crippen molar-refractivity contribution in [1.82, 2.24) is 5.32 Å². The molecule has 5 heteroatoms. The number of methoxy groups -OCH3 is 1. The molecule has 0 bridgehead atoms. The first-order valence-corrected chi connectivity index (χ1v) is 5.91. The predicted octanol–water partition coefficient (Wildman–Crippen LogP) is 1.73. The molecule has 1 aromatic rings. The Morgan fingerprint density at radius 2 is 2.17 bits per heavy atom. The van der Waals surface area contributed by atoms with E-state index in [1.807, 2.05) is 0 Å². The summed E-state index contributed by atoms with van der Waals surface area (Å²) in [4.78, 5) is 11.7. The van der Waals surface area contributed by atoms with Gasteiger partial charge in [0.15, 0.2) is 11.6 Å². The lowest BCUT2D eigenvalue weighted by Gasteiger charge is -2.06. The largest absolute Gasteiger partial charge is 0.494 e. The van der Waals surface area contributed by atoms with Gasteiger partial charge in [-0.05, 0) is 37.5 Å². The fourth-order valence-electron chi connectivity index (χ4n) is 1.53. The van der Waals surface area contributed by atoms with E-state index in [1.54, 1.807) is 0 Å². The van der Waals surface area contributed by atoms with Crippen molar-refractivity contribution in [2.24, 2.45) is 0 Å². The number of carbonyl (C=O) groups is 1. The molecular formula is C13H18FNO3. The van der Waals surface area contributed by atoms with Crippen LogP contribution in [0.5, 0.6) is 5.75 Å². The van der Waals surface area contributed by atoms with Crippen LogP contribution < -0.4 is 10.1 Å². The number of amides is 1. The van der Waals surface area contributed by atoms with Crippen LogP contribution in [0.1, 0.15) is 29.6 Å².